The van der Waals surface area contributed by atoms with E-state index in [1.54, 1.807) is 0 Å². The Hall–Kier alpha value is -5.48. The molecule has 2 heterocycles. The highest BCUT2D eigenvalue weighted by atomic mass is 16.5. The minimum Gasteiger partial charge on any atom is -0.457 e. The molecule has 4 nitrogen and oxygen atoms in total. The lowest BCUT2D eigenvalue weighted by atomic mass is 9.68. The van der Waals surface area contributed by atoms with Crippen molar-refractivity contribution in [2.75, 3.05) is 0 Å². The lowest BCUT2D eigenvalue weighted by molar-refractivity contribution is 0.481. The van der Waals surface area contributed by atoms with Gasteiger partial charge >= 0.3 is 0 Å². The molecule has 242 valence electrons. The molecule has 0 aliphatic heterocycles. The van der Waals surface area contributed by atoms with Crippen LogP contribution in [0, 0.1) is 0 Å². The number of para-hydroxylation sites is 1. The van der Waals surface area contributed by atoms with Gasteiger partial charge in [0.1, 0.15) is 17.2 Å². The van der Waals surface area contributed by atoms with Crippen LogP contribution >= 0.6 is 0 Å². The zero-order chi connectivity index (χ0) is 34.0. The Kier molecular flexibility index (Phi) is 7.11. The van der Waals surface area contributed by atoms with E-state index >= 15 is 0 Å². The van der Waals surface area contributed by atoms with E-state index in [1.807, 2.05) is 48.7 Å². The summed E-state index contributed by atoms with van der Waals surface area (Å²) in [5.74, 6) is 1.52. The van der Waals surface area contributed by atoms with Gasteiger partial charge in [-0.1, -0.05) is 126 Å². The summed E-state index contributed by atoms with van der Waals surface area (Å²) < 4.78 is 6.68. The molecule has 0 unspecified atom stereocenters. The molecule has 0 fully saturated rings. The Morgan fingerprint density at radius 2 is 1.22 bits per heavy atom. The molecule has 7 aromatic rings. The van der Waals surface area contributed by atoms with Gasteiger partial charge in [-0.2, -0.15) is 5.10 Å². The van der Waals surface area contributed by atoms with E-state index in [0.717, 1.165) is 44.9 Å². The summed E-state index contributed by atoms with van der Waals surface area (Å²) in [5.41, 5.74) is 11.9. The highest BCUT2D eigenvalue weighted by Crippen LogP contribution is 2.57. The van der Waals surface area contributed by atoms with Gasteiger partial charge in [-0.25, -0.2) is 0 Å². The van der Waals surface area contributed by atoms with E-state index in [-0.39, 0.29) is 10.8 Å². The van der Waals surface area contributed by atoms with Gasteiger partial charge in [0.25, 0.3) is 0 Å². The average Bonchev–Trinajstić information content (AvgIpc) is 3.65. The minimum atomic E-state index is -0.649. The number of aromatic nitrogens is 3. The van der Waals surface area contributed by atoms with Crippen LogP contribution in [0.5, 0.6) is 11.5 Å². The normalized spacial score (nSPS) is 13.7. The number of fused-ring (bicyclic) bond motifs is 4. The summed E-state index contributed by atoms with van der Waals surface area (Å²) in [6.07, 6.45) is 1.92. The molecule has 49 heavy (non-hydrogen) atoms. The molecule has 5 aromatic carbocycles. The maximum Gasteiger partial charge on any atom is 0.128 e. The summed E-state index contributed by atoms with van der Waals surface area (Å²) >= 11 is 0. The van der Waals surface area contributed by atoms with E-state index in [2.05, 4.69) is 137 Å². The summed E-state index contributed by atoms with van der Waals surface area (Å²) in [6.45, 7) is 13.7. The Labute approximate surface area is 288 Å². The Morgan fingerprint density at radius 3 is 1.88 bits per heavy atom. The van der Waals surface area contributed by atoms with Crippen molar-refractivity contribution in [2.24, 2.45) is 0 Å². The molecular formula is C45H41N3O. The van der Waals surface area contributed by atoms with E-state index < -0.39 is 5.41 Å². The van der Waals surface area contributed by atoms with Gasteiger partial charge in [-0.05, 0) is 92.2 Å². The molecule has 0 atom stereocenters. The molecule has 0 saturated heterocycles. The number of ether oxygens (including phenoxy) is 1. The van der Waals surface area contributed by atoms with Crippen LogP contribution in [0.2, 0.25) is 0 Å². The third-order valence-corrected chi connectivity index (χ3v) is 10.00. The zero-order valence-electron chi connectivity index (χ0n) is 29.0. The molecule has 1 aliphatic rings. The SMILES string of the molecule is CC(C)(C)c1ccc2c(c1)C(c1cccc(Oc3cccc(-c4n[nH]c5ccccc45)c3)c1)(c1ccccn1)c1cc(C(C)(C)C)ccc1-2. The molecule has 4 heteroatoms. The average molecular weight is 640 g/mol. The van der Waals surface area contributed by atoms with Crippen LogP contribution in [-0.2, 0) is 16.2 Å². The minimum absolute atomic E-state index is 0.0220. The van der Waals surface area contributed by atoms with Gasteiger partial charge in [0.05, 0.1) is 16.6 Å². The fraction of sp³-hybridized carbons (Fsp3) is 0.200. The number of nitrogens with one attached hydrogen (secondary N) is 1. The zero-order valence-corrected chi connectivity index (χ0v) is 29.0. The first-order chi connectivity index (χ1) is 23.5. The summed E-state index contributed by atoms with van der Waals surface area (Å²) in [5, 5.41) is 8.87. The van der Waals surface area contributed by atoms with Gasteiger partial charge in [0.15, 0.2) is 0 Å². The quantitative estimate of drug-likeness (QED) is 0.204. The molecule has 0 bridgehead atoms. The van der Waals surface area contributed by atoms with Crippen LogP contribution in [-0.4, -0.2) is 15.2 Å². The Bertz CT molecular complexity index is 2270. The van der Waals surface area contributed by atoms with Crippen LogP contribution < -0.4 is 4.74 Å². The molecule has 1 N–H and O–H groups in total. The fourth-order valence-electron chi connectivity index (χ4n) is 7.40. The van der Waals surface area contributed by atoms with Crippen molar-refractivity contribution >= 4 is 10.9 Å². The largest absolute Gasteiger partial charge is 0.457 e. The standard InChI is InChI=1S/C45H41N3O/c1-43(2,3)30-20-22-35-36-23-21-31(44(4,5)6)28-39(36)45(38(35)27-30,41-19-9-10-24-46-41)32-14-12-16-34(26-32)49-33-15-11-13-29(25-33)42-37-17-7-8-18-40(37)47-48-42/h7-28H,1-6H3,(H,47,48). The molecule has 2 aromatic heterocycles. The van der Waals surface area contributed by atoms with E-state index in [9.17, 15) is 0 Å². The van der Waals surface area contributed by atoms with Crippen molar-refractivity contribution in [3.05, 3.63) is 167 Å². The van der Waals surface area contributed by atoms with E-state index in [1.165, 1.54) is 33.4 Å². The number of benzene rings is 5. The van der Waals surface area contributed by atoms with Crippen molar-refractivity contribution in [1.29, 1.82) is 0 Å². The second-order valence-corrected chi connectivity index (χ2v) is 15.3. The third-order valence-electron chi connectivity index (χ3n) is 10.00. The number of hydrogen-bond donors (Lipinski definition) is 1. The first-order valence-corrected chi connectivity index (χ1v) is 17.1. The lowest BCUT2D eigenvalue weighted by Gasteiger charge is -2.34. The lowest BCUT2D eigenvalue weighted by Crippen LogP contribution is -2.30. The summed E-state index contributed by atoms with van der Waals surface area (Å²) in [7, 11) is 0. The summed E-state index contributed by atoms with van der Waals surface area (Å²) in [4.78, 5) is 5.12. The van der Waals surface area contributed by atoms with Crippen molar-refractivity contribution < 1.29 is 4.74 Å². The number of hydrogen-bond acceptors (Lipinski definition) is 3. The number of aromatic amines is 1. The molecular weight excluding hydrogens is 599 g/mol. The third kappa shape index (κ3) is 5.14. The first-order valence-electron chi connectivity index (χ1n) is 17.1. The molecule has 0 amide bonds. The van der Waals surface area contributed by atoms with Gasteiger partial charge in [0.2, 0.25) is 0 Å². The fourth-order valence-corrected chi connectivity index (χ4v) is 7.40. The van der Waals surface area contributed by atoms with Crippen molar-refractivity contribution in [1.82, 2.24) is 15.2 Å². The van der Waals surface area contributed by atoms with E-state index in [4.69, 9.17) is 9.72 Å². The predicted molar refractivity (Wildman–Crippen MR) is 201 cm³/mol. The van der Waals surface area contributed by atoms with Gasteiger partial charge in [-0.3, -0.25) is 10.1 Å². The first kappa shape index (κ1) is 30.8. The maximum absolute atomic E-state index is 6.68. The number of pyridine rings is 1. The highest BCUT2D eigenvalue weighted by Gasteiger charge is 2.48. The van der Waals surface area contributed by atoms with Crippen molar-refractivity contribution in [2.45, 2.75) is 57.8 Å². The van der Waals surface area contributed by atoms with Crippen molar-refractivity contribution in [3.63, 3.8) is 0 Å². The van der Waals surface area contributed by atoms with Gasteiger partial charge in [0, 0.05) is 17.1 Å². The smallest absolute Gasteiger partial charge is 0.128 e. The van der Waals surface area contributed by atoms with Crippen LogP contribution in [0.4, 0.5) is 0 Å². The van der Waals surface area contributed by atoms with Gasteiger partial charge < -0.3 is 4.74 Å². The maximum atomic E-state index is 6.68. The molecule has 8 rings (SSSR count). The van der Waals surface area contributed by atoms with Crippen LogP contribution in [0.25, 0.3) is 33.3 Å². The highest BCUT2D eigenvalue weighted by molar-refractivity contribution is 5.93. The van der Waals surface area contributed by atoms with Crippen molar-refractivity contribution in [3.8, 4) is 33.9 Å². The number of H-pyrrole nitrogens is 1. The number of rotatable bonds is 5. The Morgan fingerprint density at radius 1 is 0.592 bits per heavy atom. The second-order valence-electron chi connectivity index (χ2n) is 15.3. The molecule has 0 radical (unpaired) electrons. The molecule has 1 aliphatic carbocycles. The van der Waals surface area contributed by atoms with Crippen LogP contribution in [0.3, 0.4) is 0 Å². The number of nitrogens with zero attached hydrogens (tertiary/aromatic N) is 2. The molecule has 0 spiro atoms. The summed E-state index contributed by atoms with van der Waals surface area (Å²) in [6, 6.07) is 45.3. The topological polar surface area (TPSA) is 50.8 Å². The Balaban J connectivity index is 1.32. The van der Waals surface area contributed by atoms with Gasteiger partial charge in [-0.15, -0.1) is 0 Å². The van der Waals surface area contributed by atoms with Crippen LogP contribution in [0.1, 0.15) is 75.1 Å². The monoisotopic (exact) mass is 639 g/mol. The molecule has 0 saturated carbocycles. The predicted octanol–water partition coefficient (Wildman–Crippen LogP) is 11.4. The van der Waals surface area contributed by atoms with Crippen LogP contribution in [0.15, 0.2) is 134 Å². The second kappa shape index (κ2) is 11.3. The van der Waals surface area contributed by atoms with E-state index in [0.29, 0.717) is 0 Å².